The highest BCUT2D eigenvalue weighted by Crippen LogP contribution is 2.31. The van der Waals surface area contributed by atoms with Crippen LogP contribution < -0.4 is 5.32 Å². The smallest absolute Gasteiger partial charge is 0.183 e. The number of fused-ring (bicyclic) bond motifs is 1. The van der Waals surface area contributed by atoms with Crippen LogP contribution in [0.4, 0.5) is 5.13 Å². The molecule has 0 bridgehead atoms. The third-order valence-electron chi connectivity index (χ3n) is 3.35. The minimum atomic E-state index is 0.785. The predicted octanol–water partition coefficient (Wildman–Crippen LogP) is 4.01. The van der Waals surface area contributed by atoms with Gasteiger partial charge in [-0.1, -0.05) is 36.8 Å². The summed E-state index contributed by atoms with van der Waals surface area (Å²) >= 11 is 7.81. The van der Waals surface area contributed by atoms with Crippen LogP contribution in [0, 0.1) is 6.92 Å². The molecular weight excluding hydrogens is 278 g/mol. The first-order valence-corrected chi connectivity index (χ1v) is 7.87. The molecule has 3 nitrogen and oxygen atoms in total. The predicted molar refractivity (Wildman–Crippen MR) is 85.6 cm³/mol. The Morgan fingerprint density at radius 3 is 2.74 bits per heavy atom. The zero-order valence-electron chi connectivity index (χ0n) is 11.7. The fourth-order valence-electron chi connectivity index (χ4n) is 2.04. The summed E-state index contributed by atoms with van der Waals surface area (Å²) in [5.74, 6) is 0. The molecule has 0 saturated heterocycles. The number of anilines is 1. The average molecular weight is 298 g/mol. The molecule has 19 heavy (non-hydrogen) atoms. The van der Waals surface area contributed by atoms with Crippen molar-refractivity contribution in [1.29, 1.82) is 0 Å². The zero-order valence-corrected chi connectivity index (χ0v) is 13.2. The summed E-state index contributed by atoms with van der Waals surface area (Å²) in [6, 6.07) is 3.98. The van der Waals surface area contributed by atoms with Crippen LogP contribution in [0.2, 0.25) is 5.02 Å². The van der Waals surface area contributed by atoms with E-state index in [1.54, 1.807) is 11.3 Å². The molecule has 0 fully saturated rings. The first-order chi connectivity index (χ1) is 9.15. The third-order valence-corrected chi connectivity index (χ3v) is 4.73. The molecular formula is C14H20ClN3S. The van der Waals surface area contributed by atoms with E-state index in [-0.39, 0.29) is 0 Å². The number of halogens is 1. The van der Waals surface area contributed by atoms with E-state index in [0.29, 0.717) is 0 Å². The van der Waals surface area contributed by atoms with E-state index < -0.39 is 0 Å². The van der Waals surface area contributed by atoms with Gasteiger partial charge in [0.15, 0.2) is 5.13 Å². The Labute approximate surface area is 123 Å². The van der Waals surface area contributed by atoms with Crippen molar-refractivity contribution >= 4 is 38.3 Å². The molecule has 1 N–H and O–H groups in total. The molecule has 1 aromatic carbocycles. The van der Waals surface area contributed by atoms with Gasteiger partial charge in [0.05, 0.1) is 10.2 Å². The Hall–Kier alpha value is -0.840. The number of hydrogen-bond acceptors (Lipinski definition) is 4. The van der Waals surface area contributed by atoms with Gasteiger partial charge in [-0.3, -0.25) is 0 Å². The van der Waals surface area contributed by atoms with E-state index >= 15 is 0 Å². The van der Waals surface area contributed by atoms with Gasteiger partial charge >= 0.3 is 0 Å². The molecule has 5 heteroatoms. The summed E-state index contributed by atoms with van der Waals surface area (Å²) < 4.78 is 1.19. The second-order valence-electron chi connectivity index (χ2n) is 4.49. The largest absolute Gasteiger partial charge is 0.360 e. The van der Waals surface area contributed by atoms with Crippen LogP contribution >= 0.6 is 22.9 Å². The number of aryl methyl sites for hydroxylation is 1. The minimum absolute atomic E-state index is 0.785. The Morgan fingerprint density at radius 1 is 1.32 bits per heavy atom. The lowest BCUT2D eigenvalue weighted by Crippen LogP contribution is -2.28. The Bertz CT molecular complexity index is 549. The second-order valence-corrected chi connectivity index (χ2v) is 5.93. The van der Waals surface area contributed by atoms with Crippen molar-refractivity contribution in [2.24, 2.45) is 0 Å². The van der Waals surface area contributed by atoms with Crippen molar-refractivity contribution in [3.8, 4) is 0 Å². The van der Waals surface area contributed by atoms with Crippen molar-refractivity contribution < 1.29 is 0 Å². The number of nitrogens with one attached hydrogen (secondary N) is 1. The van der Waals surface area contributed by atoms with E-state index in [1.165, 1.54) is 4.70 Å². The van der Waals surface area contributed by atoms with Crippen molar-refractivity contribution in [3.63, 3.8) is 0 Å². The summed E-state index contributed by atoms with van der Waals surface area (Å²) in [6.07, 6.45) is 0. The lowest BCUT2D eigenvalue weighted by molar-refractivity contribution is 0.316. The van der Waals surface area contributed by atoms with E-state index in [0.717, 1.165) is 47.4 Å². The highest BCUT2D eigenvalue weighted by molar-refractivity contribution is 7.22. The number of hydrogen-bond donors (Lipinski definition) is 1. The maximum atomic E-state index is 6.12. The monoisotopic (exact) mass is 297 g/mol. The fourth-order valence-corrected chi connectivity index (χ4v) is 3.14. The lowest BCUT2D eigenvalue weighted by Gasteiger charge is -2.17. The number of aromatic nitrogens is 1. The van der Waals surface area contributed by atoms with Gasteiger partial charge in [0.1, 0.15) is 0 Å². The molecule has 0 saturated carbocycles. The number of likely N-dealkylation sites (N-methyl/N-ethyl adjacent to an activating group) is 1. The normalized spacial score (nSPS) is 11.4. The van der Waals surface area contributed by atoms with Gasteiger partial charge in [-0.25, -0.2) is 4.98 Å². The molecule has 1 heterocycles. The standard InChI is InChI=1S/C14H20ClN3S/c1-4-18(5-2)9-8-16-14-17-13-10(3)11(15)6-7-12(13)19-14/h6-7H,4-5,8-9H2,1-3H3,(H,16,17). The second kappa shape index (κ2) is 6.55. The average Bonchev–Trinajstić information content (AvgIpc) is 2.83. The molecule has 0 atom stereocenters. The third kappa shape index (κ3) is 3.38. The van der Waals surface area contributed by atoms with Crippen LogP contribution in [0.3, 0.4) is 0 Å². The SMILES string of the molecule is CCN(CC)CCNc1nc2c(C)c(Cl)ccc2s1. The number of thiazole rings is 1. The van der Waals surface area contributed by atoms with Crippen molar-refractivity contribution in [1.82, 2.24) is 9.88 Å². The first-order valence-electron chi connectivity index (χ1n) is 6.67. The topological polar surface area (TPSA) is 28.2 Å². The molecule has 2 rings (SSSR count). The van der Waals surface area contributed by atoms with Gasteiger partial charge in [-0.2, -0.15) is 0 Å². The highest BCUT2D eigenvalue weighted by Gasteiger charge is 2.08. The summed E-state index contributed by atoms with van der Waals surface area (Å²) in [4.78, 5) is 7.02. The molecule has 2 aromatic rings. The molecule has 0 aliphatic carbocycles. The van der Waals surface area contributed by atoms with Crippen LogP contribution in [0.5, 0.6) is 0 Å². The Kier molecular flexibility index (Phi) is 5.02. The molecule has 0 aliphatic rings. The lowest BCUT2D eigenvalue weighted by atomic mass is 10.2. The summed E-state index contributed by atoms with van der Waals surface area (Å²) in [6.45, 7) is 10.5. The van der Waals surface area contributed by atoms with Crippen LogP contribution in [0.25, 0.3) is 10.2 Å². The van der Waals surface area contributed by atoms with E-state index in [2.05, 4.69) is 29.0 Å². The fraction of sp³-hybridized carbons (Fsp3) is 0.500. The van der Waals surface area contributed by atoms with Gasteiger partial charge in [0.25, 0.3) is 0 Å². The van der Waals surface area contributed by atoms with Crippen molar-refractivity contribution in [3.05, 3.63) is 22.7 Å². The van der Waals surface area contributed by atoms with Crippen LogP contribution in [-0.2, 0) is 0 Å². The number of nitrogens with zero attached hydrogens (tertiary/aromatic N) is 2. The molecule has 1 aromatic heterocycles. The van der Waals surface area contributed by atoms with E-state index in [4.69, 9.17) is 11.6 Å². The first kappa shape index (κ1) is 14.6. The number of benzene rings is 1. The maximum absolute atomic E-state index is 6.12. The van der Waals surface area contributed by atoms with E-state index in [1.807, 2.05) is 19.1 Å². The molecule has 0 unspecified atom stereocenters. The minimum Gasteiger partial charge on any atom is -0.360 e. The molecule has 0 radical (unpaired) electrons. The summed E-state index contributed by atoms with van der Waals surface area (Å²) in [5.41, 5.74) is 2.08. The summed E-state index contributed by atoms with van der Waals surface area (Å²) in [5, 5.41) is 5.17. The van der Waals surface area contributed by atoms with Gasteiger partial charge in [-0.15, -0.1) is 0 Å². The Morgan fingerprint density at radius 2 is 2.05 bits per heavy atom. The van der Waals surface area contributed by atoms with Gasteiger partial charge < -0.3 is 10.2 Å². The quantitative estimate of drug-likeness (QED) is 0.873. The highest BCUT2D eigenvalue weighted by atomic mass is 35.5. The number of rotatable bonds is 6. The Balaban J connectivity index is 2.04. The van der Waals surface area contributed by atoms with Crippen molar-refractivity contribution in [2.45, 2.75) is 20.8 Å². The molecule has 0 amide bonds. The van der Waals surface area contributed by atoms with Crippen LogP contribution in [0.15, 0.2) is 12.1 Å². The van der Waals surface area contributed by atoms with Crippen LogP contribution in [0.1, 0.15) is 19.4 Å². The summed E-state index contributed by atoms with van der Waals surface area (Å²) in [7, 11) is 0. The maximum Gasteiger partial charge on any atom is 0.183 e. The zero-order chi connectivity index (χ0) is 13.8. The van der Waals surface area contributed by atoms with Gasteiger partial charge in [-0.05, 0) is 37.7 Å². The van der Waals surface area contributed by atoms with E-state index in [9.17, 15) is 0 Å². The van der Waals surface area contributed by atoms with Gasteiger partial charge in [0.2, 0.25) is 0 Å². The van der Waals surface area contributed by atoms with Crippen LogP contribution in [-0.4, -0.2) is 36.1 Å². The van der Waals surface area contributed by atoms with Gasteiger partial charge in [0, 0.05) is 18.1 Å². The molecule has 0 aliphatic heterocycles. The van der Waals surface area contributed by atoms with Crippen molar-refractivity contribution in [2.75, 3.05) is 31.5 Å². The molecule has 0 spiro atoms. The molecule has 104 valence electrons.